The van der Waals surface area contributed by atoms with E-state index in [0.717, 1.165) is 22.8 Å². The maximum atomic E-state index is 12.2. The van der Waals surface area contributed by atoms with Crippen LogP contribution in [0.25, 0.3) is 0 Å². The van der Waals surface area contributed by atoms with Gasteiger partial charge in [-0.05, 0) is 23.8 Å². The Morgan fingerprint density at radius 2 is 1.54 bits per heavy atom. The van der Waals surface area contributed by atoms with Crippen LogP contribution in [-0.4, -0.2) is 18.4 Å². The van der Waals surface area contributed by atoms with Crippen molar-refractivity contribution in [3.63, 3.8) is 0 Å². The molecule has 1 amide bonds. The second-order valence-corrected chi connectivity index (χ2v) is 8.09. The van der Waals surface area contributed by atoms with E-state index in [2.05, 4.69) is 65.6 Å². The molecule has 0 aliphatic carbocycles. The normalized spacial score (nSPS) is 11.8. The number of aryl methyl sites for hydroxylation is 1. The first-order chi connectivity index (χ1) is 10.9. The van der Waals surface area contributed by atoms with E-state index in [-0.39, 0.29) is 17.4 Å². The quantitative estimate of drug-likeness (QED) is 0.519. The Bertz CT molecular complexity index is 611. The standard InChI is InChI=1S/C20H29NO3/c1-9-16(22)21-12-17(23)24-18-14(19(3,4)5)10-13(2)11-15(18)20(6,7)8/h9-11H,1,12H2,2-8H3,(H,21,22). The van der Waals surface area contributed by atoms with Gasteiger partial charge in [0.05, 0.1) is 0 Å². The van der Waals surface area contributed by atoms with Crippen LogP contribution in [-0.2, 0) is 20.4 Å². The van der Waals surface area contributed by atoms with E-state index in [9.17, 15) is 9.59 Å². The maximum absolute atomic E-state index is 12.2. The Hall–Kier alpha value is -2.10. The van der Waals surface area contributed by atoms with Crippen molar-refractivity contribution in [1.82, 2.24) is 5.32 Å². The monoisotopic (exact) mass is 331 g/mol. The molecule has 4 nitrogen and oxygen atoms in total. The number of hydrogen-bond donors (Lipinski definition) is 1. The number of esters is 1. The van der Waals surface area contributed by atoms with Crippen LogP contribution >= 0.6 is 0 Å². The summed E-state index contributed by atoms with van der Waals surface area (Å²) in [6.45, 7) is 17.7. The summed E-state index contributed by atoms with van der Waals surface area (Å²) < 4.78 is 5.69. The minimum Gasteiger partial charge on any atom is -0.425 e. The van der Waals surface area contributed by atoms with Gasteiger partial charge in [0.2, 0.25) is 5.91 Å². The van der Waals surface area contributed by atoms with Gasteiger partial charge >= 0.3 is 5.97 Å². The molecule has 0 aliphatic rings. The van der Waals surface area contributed by atoms with E-state index in [1.807, 2.05) is 6.92 Å². The lowest BCUT2D eigenvalue weighted by Crippen LogP contribution is -2.32. The third-order valence-electron chi connectivity index (χ3n) is 3.66. The molecule has 0 radical (unpaired) electrons. The van der Waals surface area contributed by atoms with Gasteiger partial charge in [-0.3, -0.25) is 4.79 Å². The number of ether oxygens (including phenoxy) is 1. The summed E-state index contributed by atoms with van der Waals surface area (Å²) in [4.78, 5) is 23.4. The van der Waals surface area contributed by atoms with Crippen LogP contribution in [0.15, 0.2) is 24.8 Å². The third-order valence-corrected chi connectivity index (χ3v) is 3.66. The van der Waals surface area contributed by atoms with Crippen molar-refractivity contribution in [2.24, 2.45) is 0 Å². The van der Waals surface area contributed by atoms with E-state index in [1.165, 1.54) is 0 Å². The molecule has 1 rings (SSSR count). The van der Waals surface area contributed by atoms with E-state index in [0.29, 0.717) is 5.75 Å². The average molecular weight is 331 g/mol. The first-order valence-corrected chi connectivity index (χ1v) is 8.13. The summed E-state index contributed by atoms with van der Waals surface area (Å²) in [6, 6.07) is 4.11. The van der Waals surface area contributed by atoms with E-state index in [1.54, 1.807) is 0 Å². The SMILES string of the molecule is C=CC(=O)NCC(=O)Oc1c(C(C)(C)C)cc(C)cc1C(C)(C)C. The van der Waals surface area contributed by atoms with E-state index >= 15 is 0 Å². The van der Waals surface area contributed by atoms with Crippen LogP contribution in [0.4, 0.5) is 0 Å². The first kappa shape index (κ1) is 19.9. The van der Waals surface area contributed by atoms with Crippen molar-refractivity contribution >= 4 is 11.9 Å². The fourth-order valence-electron chi connectivity index (χ4n) is 2.38. The Morgan fingerprint density at radius 1 is 1.08 bits per heavy atom. The molecule has 0 saturated heterocycles. The minimum absolute atomic E-state index is 0.175. The number of amides is 1. The van der Waals surface area contributed by atoms with Crippen molar-refractivity contribution in [3.8, 4) is 5.75 Å². The summed E-state index contributed by atoms with van der Waals surface area (Å²) in [5, 5.41) is 2.45. The van der Waals surface area contributed by atoms with Crippen molar-refractivity contribution in [2.75, 3.05) is 6.54 Å². The van der Waals surface area contributed by atoms with Gasteiger partial charge in [0.25, 0.3) is 0 Å². The number of carbonyl (C=O) groups excluding carboxylic acids is 2. The molecule has 0 spiro atoms. The molecule has 1 aromatic carbocycles. The fourth-order valence-corrected chi connectivity index (χ4v) is 2.38. The number of carbonyl (C=O) groups is 2. The van der Waals surface area contributed by atoms with Crippen LogP contribution in [0.5, 0.6) is 5.75 Å². The molecule has 24 heavy (non-hydrogen) atoms. The molecule has 0 aliphatic heterocycles. The fraction of sp³-hybridized carbons (Fsp3) is 0.500. The highest BCUT2D eigenvalue weighted by atomic mass is 16.5. The number of benzene rings is 1. The summed E-state index contributed by atoms with van der Waals surface area (Å²) >= 11 is 0. The number of hydrogen-bond acceptors (Lipinski definition) is 3. The molecule has 0 aromatic heterocycles. The zero-order valence-electron chi connectivity index (χ0n) is 15.9. The van der Waals surface area contributed by atoms with Gasteiger partial charge < -0.3 is 10.1 Å². The minimum atomic E-state index is -0.495. The highest BCUT2D eigenvalue weighted by molar-refractivity contribution is 5.90. The molecule has 0 heterocycles. The lowest BCUT2D eigenvalue weighted by Gasteiger charge is -2.29. The average Bonchev–Trinajstić information content (AvgIpc) is 2.43. The Morgan fingerprint density at radius 3 is 1.92 bits per heavy atom. The van der Waals surface area contributed by atoms with E-state index < -0.39 is 11.9 Å². The molecule has 1 N–H and O–H groups in total. The first-order valence-electron chi connectivity index (χ1n) is 8.13. The lowest BCUT2D eigenvalue weighted by atomic mass is 9.78. The molecule has 0 fully saturated rings. The third kappa shape index (κ3) is 5.22. The molecule has 0 saturated carbocycles. The second-order valence-electron chi connectivity index (χ2n) is 8.09. The molecule has 0 unspecified atom stereocenters. The number of rotatable bonds is 4. The highest BCUT2D eigenvalue weighted by Crippen LogP contribution is 2.40. The summed E-state index contributed by atoms with van der Waals surface area (Å²) in [6.07, 6.45) is 1.13. The molecular weight excluding hydrogens is 302 g/mol. The van der Waals surface area contributed by atoms with Gasteiger partial charge in [0.15, 0.2) is 0 Å². The van der Waals surface area contributed by atoms with Gasteiger partial charge in [-0.15, -0.1) is 0 Å². The summed E-state index contributed by atoms with van der Waals surface area (Å²) in [5.74, 6) is -0.300. The van der Waals surface area contributed by atoms with Crippen molar-refractivity contribution in [3.05, 3.63) is 41.5 Å². The molecule has 0 bridgehead atoms. The zero-order chi connectivity index (χ0) is 18.7. The van der Waals surface area contributed by atoms with Gasteiger partial charge in [0, 0.05) is 11.1 Å². The molecule has 4 heteroatoms. The molecular formula is C20H29NO3. The topological polar surface area (TPSA) is 55.4 Å². The van der Waals surface area contributed by atoms with Gasteiger partial charge in [0.1, 0.15) is 12.3 Å². The van der Waals surface area contributed by atoms with Crippen LogP contribution in [0.1, 0.15) is 58.2 Å². The molecule has 132 valence electrons. The van der Waals surface area contributed by atoms with Crippen molar-refractivity contribution in [2.45, 2.75) is 59.3 Å². The Balaban J connectivity index is 3.30. The molecule has 0 atom stereocenters. The Kier molecular flexibility index (Phi) is 5.99. The van der Waals surface area contributed by atoms with Crippen LogP contribution in [0.2, 0.25) is 0 Å². The maximum Gasteiger partial charge on any atom is 0.330 e. The van der Waals surface area contributed by atoms with Crippen molar-refractivity contribution in [1.29, 1.82) is 0 Å². The predicted octanol–water partition coefficient (Wildman–Crippen LogP) is 3.80. The lowest BCUT2D eigenvalue weighted by molar-refractivity contribution is -0.135. The van der Waals surface area contributed by atoms with Gasteiger partial charge in [-0.2, -0.15) is 0 Å². The number of nitrogens with one attached hydrogen (secondary N) is 1. The van der Waals surface area contributed by atoms with Crippen LogP contribution < -0.4 is 10.1 Å². The summed E-state index contributed by atoms with van der Waals surface area (Å²) in [7, 11) is 0. The Labute approximate surface area is 145 Å². The van der Waals surface area contributed by atoms with Crippen LogP contribution in [0.3, 0.4) is 0 Å². The predicted molar refractivity (Wildman–Crippen MR) is 97.4 cm³/mol. The second kappa shape index (κ2) is 7.20. The summed E-state index contributed by atoms with van der Waals surface area (Å²) in [5.41, 5.74) is 2.74. The largest absolute Gasteiger partial charge is 0.425 e. The molecule has 1 aromatic rings. The van der Waals surface area contributed by atoms with Gasteiger partial charge in [-0.25, -0.2) is 4.79 Å². The van der Waals surface area contributed by atoms with E-state index in [4.69, 9.17) is 4.74 Å². The van der Waals surface area contributed by atoms with Crippen molar-refractivity contribution < 1.29 is 14.3 Å². The highest BCUT2D eigenvalue weighted by Gasteiger charge is 2.28. The van der Waals surface area contributed by atoms with Gasteiger partial charge in [-0.1, -0.05) is 65.8 Å². The zero-order valence-corrected chi connectivity index (χ0v) is 15.9. The van der Waals surface area contributed by atoms with Crippen LogP contribution in [0, 0.1) is 6.92 Å². The smallest absolute Gasteiger partial charge is 0.330 e.